The lowest BCUT2D eigenvalue weighted by Crippen LogP contribution is -3.00. The van der Waals surface area contributed by atoms with Crippen LogP contribution in [0.2, 0.25) is 0 Å². The molecule has 1 saturated heterocycles. The molecule has 0 saturated carbocycles. The molecule has 1 fully saturated rings. The van der Waals surface area contributed by atoms with Gasteiger partial charge >= 0.3 is 0 Å². The number of likely N-dealkylation sites (tertiary alicyclic amines) is 1. The Morgan fingerprint density at radius 2 is 1.66 bits per heavy atom. The molecule has 0 radical (unpaired) electrons. The summed E-state index contributed by atoms with van der Waals surface area (Å²) in [5.74, 6) is 3.48. The number of quaternary nitrogens is 1. The van der Waals surface area contributed by atoms with Crippen molar-refractivity contribution in [2.24, 2.45) is 0 Å². The minimum atomic E-state index is 0. The summed E-state index contributed by atoms with van der Waals surface area (Å²) >= 11 is 0. The molecule has 0 atom stereocenters. The van der Waals surface area contributed by atoms with E-state index in [1.807, 2.05) is 12.1 Å². The zero-order valence-electron chi connectivity index (χ0n) is 21.2. The van der Waals surface area contributed by atoms with E-state index in [1.165, 1.54) is 11.1 Å². The molecule has 1 amide bonds. The Morgan fingerprint density at radius 3 is 2.29 bits per heavy atom. The summed E-state index contributed by atoms with van der Waals surface area (Å²) in [5.41, 5.74) is 3.32. The first-order valence-corrected chi connectivity index (χ1v) is 12.1. The first-order valence-electron chi connectivity index (χ1n) is 12.1. The van der Waals surface area contributed by atoms with E-state index in [0.717, 1.165) is 72.7 Å². The summed E-state index contributed by atoms with van der Waals surface area (Å²) in [7, 11) is 7.31. The molecule has 2 aromatic rings. The van der Waals surface area contributed by atoms with E-state index in [0.29, 0.717) is 24.7 Å². The van der Waals surface area contributed by atoms with E-state index >= 15 is 0 Å². The number of nitrogens with one attached hydrogen (secondary N) is 1. The van der Waals surface area contributed by atoms with Gasteiger partial charge in [-0.1, -0.05) is 6.07 Å². The molecule has 35 heavy (non-hydrogen) atoms. The fourth-order valence-corrected chi connectivity index (χ4v) is 5.16. The number of carbonyl (C=O) groups excluding carboxylic acids is 1. The lowest BCUT2D eigenvalue weighted by Gasteiger charge is -2.41. The van der Waals surface area contributed by atoms with Crippen LogP contribution in [0.1, 0.15) is 42.7 Å². The van der Waals surface area contributed by atoms with Crippen LogP contribution in [0.5, 0.6) is 23.0 Å². The minimum Gasteiger partial charge on any atom is -1.00 e. The van der Waals surface area contributed by atoms with E-state index in [1.54, 1.807) is 21.3 Å². The van der Waals surface area contributed by atoms with Gasteiger partial charge < -0.3 is 41.2 Å². The maximum atomic E-state index is 11.6. The second-order valence-corrected chi connectivity index (χ2v) is 9.59. The maximum absolute atomic E-state index is 11.6. The van der Waals surface area contributed by atoms with E-state index in [9.17, 15) is 4.79 Å². The van der Waals surface area contributed by atoms with Gasteiger partial charge in [0.1, 0.15) is 5.75 Å². The standard InChI is InChI=1S/C27H36N2O5.ClH/c1-29(12-5-15-34-22-8-6-20-7-9-26(30)28-23(20)18-22)13-10-19(11-14-29)21-16-24(31-2)27(33-4)25(17-21)32-3;/h6,8,16-19H,5,7,9-15H2,1-4H3;1H. The minimum absolute atomic E-state index is 0. The van der Waals surface area contributed by atoms with Crippen molar-refractivity contribution < 1.29 is 40.6 Å². The van der Waals surface area contributed by atoms with E-state index in [4.69, 9.17) is 18.9 Å². The average molecular weight is 505 g/mol. The largest absolute Gasteiger partial charge is 1.00 e. The summed E-state index contributed by atoms with van der Waals surface area (Å²) in [6.07, 6.45) is 4.61. The van der Waals surface area contributed by atoms with Crippen molar-refractivity contribution in [2.75, 3.05) is 59.9 Å². The van der Waals surface area contributed by atoms with E-state index < -0.39 is 0 Å². The van der Waals surface area contributed by atoms with Crippen molar-refractivity contribution in [3.63, 3.8) is 0 Å². The van der Waals surface area contributed by atoms with Gasteiger partial charge in [0.05, 0.1) is 54.6 Å². The lowest BCUT2D eigenvalue weighted by atomic mass is 9.88. The van der Waals surface area contributed by atoms with Crippen LogP contribution >= 0.6 is 0 Å². The first-order chi connectivity index (χ1) is 16.4. The number of carbonyl (C=O) groups is 1. The van der Waals surface area contributed by atoms with Gasteiger partial charge in [0, 0.05) is 37.4 Å². The molecule has 2 aliphatic rings. The zero-order chi connectivity index (χ0) is 24.1. The van der Waals surface area contributed by atoms with Crippen molar-refractivity contribution in [2.45, 2.75) is 38.0 Å². The lowest BCUT2D eigenvalue weighted by molar-refractivity contribution is -0.914. The molecule has 1 N–H and O–H groups in total. The van der Waals surface area contributed by atoms with Crippen molar-refractivity contribution in [1.29, 1.82) is 0 Å². The summed E-state index contributed by atoms with van der Waals surface area (Å²) in [4.78, 5) is 11.6. The van der Waals surface area contributed by atoms with Crippen LogP contribution in [0.25, 0.3) is 0 Å². The first kappa shape index (κ1) is 27.0. The van der Waals surface area contributed by atoms with Crippen LogP contribution in [-0.2, 0) is 11.2 Å². The highest BCUT2D eigenvalue weighted by Crippen LogP contribution is 2.42. The van der Waals surface area contributed by atoms with Gasteiger partial charge in [-0.15, -0.1) is 0 Å². The van der Waals surface area contributed by atoms with Gasteiger partial charge in [0.25, 0.3) is 0 Å². The number of benzene rings is 2. The molecule has 7 nitrogen and oxygen atoms in total. The quantitative estimate of drug-likeness (QED) is 0.413. The highest BCUT2D eigenvalue weighted by atomic mass is 35.5. The van der Waals surface area contributed by atoms with Crippen LogP contribution in [0.3, 0.4) is 0 Å². The second kappa shape index (κ2) is 11.9. The maximum Gasteiger partial charge on any atom is 0.224 e. The number of fused-ring (bicyclic) bond motifs is 1. The molecule has 4 rings (SSSR count). The third-order valence-corrected chi connectivity index (χ3v) is 7.28. The predicted molar refractivity (Wildman–Crippen MR) is 132 cm³/mol. The van der Waals surface area contributed by atoms with Crippen LogP contribution in [0.15, 0.2) is 30.3 Å². The number of ether oxygens (including phenoxy) is 4. The van der Waals surface area contributed by atoms with Crippen molar-refractivity contribution in [3.8, 4) is 23.0 Å². The van der Waals surface area contributed by atoms with Gasteiger partial charge in [0.15, 0.2) is 11.5 Å². The number of rotatable bonds is 9. The zero-order valence-corrected chi connectivity index (χ0v) is 22.0. The summed E-state index contributed by atoms with van der Waals surface area (Å²) in [5, 5.41) is 2.94. The van der Waals surface area contributed by atoms with Gasteiger partial charge in [-0.05, 0) is 41.7 Å². The Morgan fingerprint density at radius 1 is 0.971 bits per heavy atom. The summed E-state index contributed by atoms with van der Waals surface area (Å²) < 4.78 is 23.6. The Bertz CT molecular complexity index is 996. The van der Waals surface area contributed by atoms with Gasteiger partial charge in [-0.2, -0.15) is 0 Å². The molecule has 8 heteroatoms. The third kappa shape index (κ3) is 6.33. The van der Waals surface area contributed by atoms with Crippen molar-refractivity contribution in [3.05, 3.63) is 41.5 Å². The summed E-state index contributed by atoms with van der Waals surface area (Å²) in [6, 6.07) is 10.2. The second-order valence-electron chi connectivity index (χ2n) is 9.59. The molecular formula is C27H37ClN2O5. The number of hydrogen-bond acceptors (Lipinski definition) is 5. The number of amides is 1. The average Bonchev–Trinajstić information content (AvgIpc) is 2.86. The predicted octanol–water partition coefficient (Wildman–Crippen LogP) is 1.39. The molecule has 2 heterocycles. The Labute approximate surface area is 214 Å². The Kier molecular flexibility index (Phi) is 9.14. The number of anilines is 1. The SMILES string of the molecule is COc1cc(C2CC[N+](C)(CCCOc3ccc4c(c3)NC(=O)CC4)CC2)cc(OC)c1OC.[Cl-]. The number of methoxy groups -OCH3 is 3. The Balaban J connectivity index is 0.00000342. The van der Waals surface area contributed by atoms with Gasteiger partial charge in [-0.3, -0.25) is 4.79 Å². The van der Waals surface area contributed by atoms with Crippen molar-refractivity contribution >= 4 is 11.6 Å². The molecule has 0 unspecified atom stereocenters. The normalized spacial score (nSPS) is 21.3. The fourth-order valence-electron chi connectivity index (χ4n) is 5.16. The van der Waals surface area contributed by atoms with E-state index in [2.05, 4.69) is 30.6 Å². The summed E-state index contributed by atoms with van der Waals surface area (Å²) in [6.45, 7) is 4.03. The molecule has 0 bridgehead atoms. The molecule has 0 spiro atoms. The number of piperidine rings is 1. The van der Waals surface area contributed by atoms with Gasteiger partial charge in [-0.25, -0.2) is 0 Å². The third-order valence-electron chi connectivity index (χ3n) is 7.28. The fraction of sp³-hybridized carbons (Fsp3) is 0.519. The number of hydrogen-bond donors (Lipinski definition) is 1. The molecule has 0 aliphatic carbocycles. The smallest absolute Gasteiger partial charge is 0.224 e. The number of aryl methyl sites for hydroxylation is 1. The van der Waals surface area contributed by atoms with E-state index in [-0.39, 0.29) is 18.3 Å². The van der Waals surface area contributed by atoms with Crippen LogP contribution in [0.4, 0.5) is 5.69 Å². The molecular weight excluding hydrogens is 468 g/mol. The molecule has 2 aromatic carbocycles. The van der Waals surface area contributed by atoms with Crippen LogP contribution < -0.4 is 36.7 Å². The van der Waals surface area contributed by atoms with Crippen molar-refractivity contribution in [1.82, 2.24) is 0 Å². The van der Waals surface area contributed by atoms with Crippen LogP contribution in [-0.4, -0.2) is 65.0 Å². The molecule has 192 valence electrons. The highest BCUT2D eigenvalue weighted by Gasteiger charge is 2.31. The topological polar surface area (TPSA) is 66.0 Å². The van der Waals surface area contributed by atoms with Crippen LogP contribution in [0, 0.1) is 0 Å². The number of nitrogens with zero attached hydrogens (tertiary/aromatic N) is 1. The molecule has 2 aliphatic heterocycles. The molecule has 0 aromatic heterocycles. The monoisotopic (exact) mass is 504 g/mol. The Hall–Kier alpha value is -2.64. The number of halogens is 1. The highest BCUT2D eigenvalue weighted by molar-refractivity contribution is 5.94. The van der Waals surface area contributed by atoms with Gasteiger partial charge in [0.2, 0.25) is 11.7 Å².